The summed E-state index contributed by atoms with van der Waals surface area (Å²) in [6.07, 6.45) is 0.459. The lowest BCUT2D eigenvalue weighted by molar-refractivity contribution is -0.149. The first-order valence-electron chi connectivity index (χ1n) is 13.8. The molecule has 0 amide bonds. The van der Waals surface area contributed by atoms with Gasteiger partial charge in [-0.2, -0.15) is 5.26 Å². The van der Waals surface area contributed by atoms with Crippen LogP contribution in [-0.4, -0.2) is 56.3 Å². The maximum Gasteiger partial charge on any atom is 0.333 e. The number of carboxylic acid groups (broad SMARTS) is 1. The number of ether oxygens (including phenoxy) is 2. The summed E-state index contributed by atoms with van der Waals surface area (Å²) in [6.45, 7) is 8.84. The second-order valence-electron chi connectivity index (χ2n) is 10.6. The highest BCUT2D eigenvalue weighted by atomic mass is 16.6. The molecular weight excluding hydrogens is 518 g/mol. The van der Waals surface area contributed by atoms with Gasteiger partial charge in [-0.25, -0.2) is 4.79 Å². The van der Waals surface area contributed by atoms with Crippen LogP contribution in [0.25, 0.3) is 0 Å². The van der Waals surface area contributed by atoms with Crippen molar-refractivity contribution in [2.75, 3.05) is 38.3 Å². The Morgan fingerprint density at radius 1 is 1.10 bits per heavy atom. The van der Waals surface area contributed by atoms with Crippen LogP contribution in [0.2, 0.25) is 0 Å². The molecule has 0 spiro atoms. The molecule has 8 heteroatoms. The zero-order valence-electron chi connectivity index (χ0n) is 24.1. The fourth-order valence-corrected chi connectivity index (χ4v) is 5.10. The number of carbonyl (C=O) groups is 1. The molecule has 0 saturated carbocycles. The van der Waals surface area contributed by atoms with Crippen LogP contribution in [0, 0.1) is 11.3 Å². The van der Waals surface area contributed by atoms with Crippen molar-refractivity contribution in [1.29, 1.82) is 5.26 Å². The third kappa shape index (κ3) is 7.24. The Bertz CT molecular complexity index is 1410. The summed E-state index contributed by atoms with van der Waals surface area (Å²) in [4.78, 5) is 18.9. The van der Waals surface area contributed by atoms with Crippen LogP contribution in [-0.2, 0) is 26.2 Å². The van der Waals surface area contributed by atoms with E-state index >= 15 is 0 Å². The maximum atomic E-state index is 11.4. The Morgan fingerprint density at radius 3 is 2.44 bits per heavy atom. The number of hydrogen-bond acceptors (Lipinski definition) is 7. The molecule has 1 aliphatic rings. The van der Waals surface area contributed by atoms with Gasteiger partial charge in [0.15, 0.2) is 6.10 Å². The predicted octanol–water partition coefficient (Wildman–Crippen LogP) is 5.56. The van der Waals surface area contributed by atoms with Crippen LogP contribution in [0.1, 0.15) is 55.0 Å². The molecule has 1 heterocycles. The topological polar surface area (TPSA) is 104 Å². The van der Waals surface area contributed by atoms with Crippen molar-refractivity contribution < 1.29 is 24.2 Å². The molecule has 3 aromatic carbocycles. The van der Waals surface area contributed by atoms with Gasteiger partial charge in [0, 0.05) is 36.4 Å². The summed E-state index contributed by atoms with van der Waals surface area (Å²) in [7, 11) is 1.54. The van der Waals surface area contributed by atoms with E-state index in [9.17, 15) is 9.90 Å². The number of rotatable bonds is 12. The normalized spacial score (nSPS) is 15.0. The van der Waals surface area contributed by atoms with Crippen LogP contribution in [0.5, 0.6) is 5.75 Å². The van der Waals surface area contributed by atoms with Crippen molar-refractivity contribution in [3.63, 3.8) is 0 Å². The minimum Gasteiger partial charge on any atom is -0.492 e. The third-order valence-electron chi connectivity index (χ3n) is 7.43. The van der Waals surface area contributed by atoms with E-state index < -0.39 is 12.1 Å². The molecule has 0 radical (unpaired) electrons. The number of hydrogen-bond donors (Lipinski definition) is 1. The molecule has 0 aliphatic carbocycles. The minimum absolute atomic E-state index is 0.0172. The fraction of sp³-hybridized carbons (Fsp3) is 0.364. The van der Waals surface area contributed by atoms with Gasteiger partial charge in [0.1, 0.15) is 25.2 Å². The first-order chi connectivity index (χ1) is 19.7. The quantitative estimate of drug-likeness (QED) is 0.231. The van der Waals surface area contributed by atoms with Gasteiger partial charge in [0.25, 0.3) is 0 Å². The molecule has 0 aromatic heterocycles. The van der Waals surface area contributed by atoms with E-state index in [0.29, 0.717) is 25.2 Å². The zero-order valence-corrected chi connectivity index (χ0v) is 24.1. The number of nitrogens with zero attached hydrogens (tertiary/aromatic N) is 3. The molecule has 0 unspecified atom stereocenters. The highest BCUT2D eigenvalue weighted by Crippen LogP contribution is 2.40. The summed E-state index contributed by atoms with van der Waals surface area (Å²) < 4.78 is 11.4. The lowest BCUT2D eigenvalue weighted by Crippen LogP contribution is -2.39. The molecular formula is C33H37N3O5. The van der Waals surface area contributed by atoms with Crippen molar-refractivity contribution in [2.24, 2.45) is 5.16 Å². The van der Waals surface area contributed by atoms with Crippen molar-refractivity contribution >= 4 is 17.4 Å². The van der Waals surface area contributed by atoms with E-state index in [0.717, 1.165) is 47.7 Å². The van der Waals surface area contributed by atoms with E-state index in [4.69, 9.17) is 19.6 Å². The first kappa shape index (κ1) is 29.6. The SMILES string of the molecule is CCO[C@@H](Cc1ccc(OCCN2CCC(C)(C)c3cc(C(=NOC)c4ccc(C#N)cc4)ccc32)cc1)C(=O)O. The maximum absolute atomic E-state index is 11.4. The van der Waals surface area contributed by atoms with Crippen LogP contribution in [0.15, 0.2) is 71.9 Å². The zero-order chi connectivity index (χ0) is 29.4. The molecule has 0 saturated heterocycles. The fourth-order valence-electron chi connectivity index (χ4n) is 5.10. The first-order valence-corrected chi connectivity index (χ1v) is 13.8. The van der Waals surface area contributed by atoms with Gasteiger partial charge in [-0.15, -0.1) is 0 Å². The average molecular weight is 556 g/mol. The Labute approximate surface area is 241 Å². The minimum atomic E-state index is -0.958. The van der Waals surface area contributed by atoms with Crippen LogP contribution in [0.3, 0.4) is 0 Å². The smallest absolute Gasteiger partial charge is 0.333 e. The predicted molar refractivity (Wildman–Crippen MR) is 159 cm³/mol. The number of carboxylic acids is 1. The number of benzene rings is 3. The summed E-state index contributed by atoms with van der Waals surface area (Å²) >= 11 is 0. The van der Waals surface area contributed by atoms with Gasteiger partial charge in [-0.05, 0) is 66.3 Å². The molecule has 1 N–H and O–H groups in total. The molecule has 0 fully saturated rings. The molecule has 1 aliphatic heterocycles. The Hall–Kier alpha value is -4.35. The van der Waals surface area contributed by atoms with Gasteiger partial charge in [0.2, 0.25) is 0 Å². The number of oxime groups is 1. The van der Waals surface area contributed by atoms with Crippen molar-refractivity contribution in [2.45, 2.75) is 45.1 Å². The Balaban J connectivity index is 1.46. The summed E-state index contributed by atoms with van der Waals surface area (Å²) in [5.41, 5.74) is 6.44. The molecule has 1 atom stereocenters. The van der Waals surface area contributed by atoms with E-state index in [2.05, 4.69) is 48.2 Å². The molecule has 4 rings (SSSR count). The summed E-state index contributed by atoms with van der Waals surface area (Å²) in [5, 5.41) is 22.8. The van der Waals surface area contributed by atoms with Gasteiger partial charge in [0.05, 0.1) is 18.2 Å². The highest BCUT2D eigenvalue weighted by Gasteiger charge is 2.32. The second kappa shape index (κ2) is 13.3. The molecule has 0 bridgehead atoms. The number of nitriles is 1. The van der Waals surface area contributed by atoms with Crippen molar-refractivity contribution in [3.8, 4) is 11.8 Å². The largest absolute Gasteiger partial charge is 0.492 e. The highest BCUT2D eigenvalue weighted by molar-refractivity contribution is 6.13. The van der Waals surface area contributed by atoms with Crippen LogP contribution in [0.4, 0.5) is 5.69 Å². The Morgan fingerprint density at radius 2 is 1.80 bits per heavy atom. The monoisotopic (exact) mass is 555 g/mol. The van der Waals surface area contributed by atoms with E-state index in [-0.39, 0.29) is 5.41 Å². The Kier molecular flexibility index (Phi) is 9.64. The van der Waals surface area contributed by atoms with Gasteiger partial charge >= 0.3 is 5.97 Å². The van der Waals surface area contributed by atoms with Crippen LogP contribution >= 0.6 is 0 Å². The van der Waals surface area contributed by atoms with Gasteiger partial charge < -0.3 is 24.3 Å². The second-order valence-corrected chi connectivity index (χ2v) is 10.6. The van der Waals surface area contributed by atoms with E-state index in [1.54, 1.807) is 19.1 Å². The average Bonchev–Trinajstić information content (AvgIpc) is 2.97. The van der Waals surface area contributed by atoms with E-state index in [1.165, 1.54) is 18.4 Å². The summed E-state index contributed by atoms with van der Waals surface area (Å²) in [6, 6.07) is 23.4. The molecule has 8 nitrogen and oxygen atoms in total. The lowest BCUT2D eigenvalue weighted by atomic mass is 9.76. The molecule has 41 heavy (non-hydrogen) atoms. The van der Waals surface area contributed by atoms with E-state index in [1.807, 2.05) is 36.4 Å². The summed E-state index contributed by atoms with van der Waals surface area (Å²) in [5.74, 6) is -0.214. The number of aliphatic carboxylic acids is 1. The third-order valence-corrected chi connectivity index (χ3v) is 7.43. The van der Waals surface area contributed by atoms with Gasteiger partial charge in [-0.1, -0.05) is 49.3 Å². The van der Waals surface area contributed by atoms with Crippen molar-refractivity contribution in [1.82, 2.24) is 0 Å². The lowest BCUT2D eigenvalue weighted by Gasteiger charge is -2.40. The molecule has 214 valence electrons. The van der Waals surface area contributed by atoms with Crippen molar-refractivity contribution in [3.05, 3.63) is 94.5 Å². The molecule has 3 aromatic rings. The van der Waals surface area contributed by atoms with Crippen LogP contribution < -0.4 is 9.64 Å². The standard InChI is InChI=1S/C33H37N3O5/c1-5-40-30(32(37)38)20-23-8-13-27(14-9-23)41-19-18-36-17-16-33(2,3)28-21-26(12-15-29(28)36)31(35-39-4)25-10-6-24(22-34)7-11-25/h6-15,21,30H,5,16-20H2,1-4H3,(H,37,38)/t30-/m0/s1. The van der Waals surface area contributed by atoms with Gasteiger partial charge in [-0.3, -0.25) is 0 Å². The number of fused-ring (bicyclic) bond motifs is 1. The number of anilines is 1.